The van der Waals surface area contributed by atoms with E-state index in [1.165, 1.54) is 26.4 Å². The van der Waals surface area contributed by atoms with Crippen LogP contribution in [0.5, 0.6) is 11.5 Å². The average molecular weight is 437 g/mol. The second-order valence-electron chi connectivity index (χ2n) is 6.97. The Balaban J connectivity index is 1.80. The molecule has 1 amide bonds. The molecule has 162 valence electrons. The molecule has 0 spiro atoms. The fraction of sp³-hybridized carbons (Fsp3) is 0.400. The predicted molar refractivity (Wildman–Crippen MR) is 107 cm³/mol. The van der Waals surface area contributed by atoms with E-state index in [0.29, 0.717) is 5.75 Å². The van der Waals surface area contributed by atoms with Gasteiger partial charge in [-0.3, -0.25) is 9.78 Å². The fourth-order valence-electron chi connectivity index (χ4n) is 3.33. The van der Waals surface area contributed by atoms with Crippen molar-refractivity contribution in [2.45, 2.75) is 30.0 Å². The van der Waals surface area contributed by atoms with E-state index >= 15 is 4.39 Å². The van der Waals surface area contributed by atoms with Crippen LogP contribution in [0.25, 0.3) is 0 Å². The van der Waals surface area contributed by atoms with Gasteiger partial charge in [-0.15, -0.1) is 0 Å². The van der Waals surface area contributed by atoms with Crippen LogP contribution in [0.15, 0.2) is 47.6 Å². The van der Waals surface area contributed by atoms with Crippen LogP contribution in [0.1, 0.15) is 18.4 Å². The zero-order chi connectivity index (χ0) is 21.8. The molecule has 2 heterocycles. The predicted octanol–water partition coefficient (Wildman–Crippen LogP) is 1.91. The summed E-state index contributed by atoms with van der Waals surface area (Å²) < 4.78 is 53.2. The molecule has 1 aromatic heterocycles. The molecule has 8 nitrogen and oxygen atoms in total. The Morgan fingerprint density at radius 1 is 1.30 bits per heavy atom. The van der Waals surface area contributed by atoms with Crippen molar-refractivity contribution in [2.24, 2.45) is 0 Å². The van der Waals surface area contributed by atoms with Gasteiger partial charge >= 0.3 is 0 Å². The Morgan fingerprint density at radius 2 is 2.10 bits per heavy atom. The van der Waals surface area contributed by atoms with E-state index in [9.17, 15) is 13.2 Å². The molecule has 1 atom stereocenters. The molecule has 30 heavy (non-hydrogen) atoms. The highest BCUT2D eigenvalue weighted by Crippen LogP contribution is 2.34. The zero-order valence-corrected chi connectivity index (χ0v) is 17.6. The maximum absolute atomic E-state index is 15.5. The lowest BCUT2D eigenvalue weighted by atomic mass is 9.95. The number of aromatic nitrogens is 1. The average Bonchev–Trinajstić information content (AvgIpc) is 2.77. The summed E-state index contributed by atoms with van der Waals surface area (Å²) in [5.74, 6) is -0.400. The highest BCUT2D eigenvalue weighted by atomic mass is 32.2. The van der Waals surface area contributed by atoms with E-state index in [2.05, 4.69) is 10.3 Å². The van der Waals surface area contributed by atoms with Gasteiger partial charge in [-0.25, -0.2) is 12.8 Å². The standard InChI is InChI=1S/C20H24FN3O5S/c1-28-16-6-7-17(29-2)18(11-16)30(26,27)24-10-4-8-20(21,14-24)19(25)23-13-15-5-3-9-22-12-15/h3,5-7,9,11-12H,4,8,10,13-14H2,1-2H3,(H,23,25). The Morgan fingerprint density at radius 3 is 2.77 bits per heavy atom. The molecule has 10 heteroatoms. The largest absolute Gasteiger partial charge is 0.497 e. The van der Waals surface area contributed by atoms with Crippen LogP contribution >= 0.6 is 0 Å². The number of rotatable bonds is 7. The summed E-state index contributed by atoms with van der Waals surface area (Å²) in [4.78, 5) is 16.4. The highest BCUT2D eigenvalue weighted by molar-refractivity contribution is 7.89. The summed E-state index contributed by atoms with van der Waals surface area (Å²) in [6.07, 6.45) is 3.31. The molecule has 1 fully saturated rings. The highest BCUT2D eigenvalue weighted by Gasteiger charge is 2.46. The number of halogens is 1. The number of pyridine rings is 1. The number of hydrogen-bond donors (Lipinski definition) is 1. The third-order valence-electron chi connectivity index (χ3n) is 4.98. The van der Waals surface area contributed by atoms with Gasteiger partial charge in [-0.1, -0.05) is 6.07 Å². The minimum Gasteiger partial charge on any atom is -0.497 e. The van der Waals surface area contributed by atoms with Crippen molar-refractivity contribution in [3.63, 3.8) is 0 Å². The molecule has 1 aromatic carbocycles. The lowest BCUT2D eigenvalue weighted by molar-refractivity contribution is -0.135. The molecule has 1 aliphatic heterocycles. The third-order valence-corrected chi connectivity index (χ3v) is 6.85. The summed E-state index contributed by atoms with van der Waals surface area (Å²) in [5, 5.41) is 2.54. The smallest absolute Gasteiger partial charge is 0.259 e. The van der Waals surface area contributed by atoms with Gasteiger partial charge in [-0.2, -0.15) is 4.31 Å². The number of carbonyl (C=O) groups excluding carboxylic acids is 1. The number of sulfonamides is 1. The normalized spacial score (nSPS) is 19.8. The maximum atomic E-state index is 15.5. The van der Waals surface area contributed by atoms with Crippen molar-refractivity contribution < 1.29 is 27.1 Å². The van der Waals surface area contributed by atoms with Gasteiger partial charge in [0.1, 0.15) is 16.4 Å². The van der Waals surface area contributed by atoms with Crippen molar-refractivity contribution in [3.8, 4) is 11.5 Å². The number of piperidine rings is 1. The first-order chi connectivity index (χ1) is 14.3. The van der Waals surface area contributed by atoms with Gasteiger partial charge in [0, 0.05) is 31.5 Å². The van der Waals surface area contributed by atoms with Crippen molar-refractivity contribution in [2.75, 3.05) is 27.3 Å². The van der Waals surface area contributed by atoms with Crippen molar-refractivity contribution >= 4 is 15.9 Å². The van der Waals surface area contributed by atoms with Crippen molar-refractivity contribution in [3.05, 3.63) is 48.3 Å². The van der Waals surface area contributed by atoms with Gasteiger partial charge in [0.15, 0.2) is 0 Å². The second-order valence-corrected chi connectivity index (χ2v) is 8.87. The number of nitrogens with zero attached hydrogens (tertiary/aromatic N) is 2. The number of alkyl halides is 1. The molecule has 1 unspecified atom stereocenters. The molecule has 1 N–H and O–H groups in total. The Bertz CT molecular complexity index is 1000. The number of amides is 1. The number of methoxy groups -OCH3 is 2. The molecule has 1 saturated heterocycles. The Labute approximate surface area is 175 Å². The van der Waals surface area contributed by atoms with Gasteiger partial charge in [-0.05, 0) is 36.6 Å². The fourth-order valence-corrected chi connectivity index (χ4v) is 5.02. The number of hydrogen-bond acceptors (Lipinski definition) is 6. The third kappa shape index (κ3) is 4.54. The van der Waals surface area contributed by atoms with E-state index in [-0.39, 0.29) is 36.6 Å². The zero-order valence-electron chi connectivity index (χ0n) is 16.8. The SMILES string of the molecule is COc1ccc(OC)c(S(=O)(=O)N2CCCC(F)(C(=O)NCc3cccnc3)C2)c1. The molecule has 3 rings (SSSR count). The Kier molecular flexibility index (Phi) is 6.57. The first-order valence-corrected chi connectivity index (χ1v) is 10.8. The van der Waals surface area contributed by atoms with Crippen LogP contribution in [0.2, 0.25) is 0 Å². The number of ether oxygens (including phenoxy) is 2. The molecule has 0 radical (unpaired) electrons. The second kappa shape index (κ2) is 8.97. The lowest BCUT2D eigenvalue weighted by Gasteiger charge is -2.35. The molecule has 0 aliphatic carbocycles. The molecule has 1 aliphatic rings. The summed E-state index contributed by atoms with van der Waals surface area (Å²) in [6.45, 7) is -0.367. The first kappa shape index (κ1) is 22.0. The van der Waals surface area contributed by atoms with Gasteiger partial charge < -0.3 is 14.8 Å². The molecular weight excluding hydrogens is 413 g/mol. The molecule has 0 bridgehead atoms. The van der Waals surface area contributed by atoms with Crippen LogP contribution in [0.4, 0.5) is 4.39 Å². The topological polar surface area (TPSA) is 97.8 Å². The Hall–Kier alpha value is -2.72. The number of benzene rings is 1. The van der Waals surface area contributed by atoms with E-state index in [1.807, 2.05) is 0 Å². The van der Waals surface area contributed by atoms with E-state index in [1.54, 1.807) is 30.6 Å². The summed E-state index contributed by atoms with van der Waals surface area (Å²) in [6, 6.07) is 7.83. The quantitative estimate of drug-likeness (QED) is 0.711. The monoisotopic (exact) mass is 437 g/mol. The molecular formula is C20H24FN3O5S. The maximum Gasteiger partial charge on any atom is 0.259 e. The first-order valence-electron chi connectivity index (χ1n) is 9.38. The van der Waals surface area contributed by atoms with E-state index < -0.39 is 28.1 Å². The van der Waals surface area contributed by atoms with Crippen LogP contribution in [0, 0.1) is 0 Å². The lowest BCUT2D eigenvalue weighted by Crippen LogP contribution is -2.55. The molecule has 0 saturated carbocycles. The summed E-state index contributed by atoms with van der Waals surface area (Å²) >= 11 is 0. The number of nitrogens with one attached hydrogen (secondary N) is 1. The number of carbonyl (C=O) groups is 1. The minimum absolute atomic E-state index is 0.0624. The van der Waals surface area contributed by atoms with Crippen LogP contribution < -0.4 is 14.8 Å². The van der Waals surface area contributed by atoms with E-state index in [0.717, 1.165) is 9.87 Å². The summed E-state index contributed by atoms with van der Waals surface area (Å²) in [5.41, 5.74) is -1.62. The van der Waals surface area contributed by atoms with Crippen LogP contribution in [-0.4, -0.2) is 56.6 Å². The van der Waals surface area contributed by atoms with E-state index in [4.69, 9.17) is 9.47 Å². The minimum atomic E-state index is -4.11. The van der Waals surface area contributed by atoms with Crippen molar-refractivity contribution in [1.82, 2.24) is 14.6 Å². The van der Waals surface area contributed by atoms with Gasteiger partial charge in [0.25, 0.3) is 5.91 Å². The van der Waals surface area contributed by atoms with Crippen molar-refractivity contribution in [1.29, 1.82) is 0 Å². The summed E-state index contributed by atoms with van der Waals surface area (Å²) in [7, 11) is -1.35. The van der Waals surface area contributed by atoms with Gasteiger partial charge in [0.2, 0.25) is 15.7 Å². The molecule has 2 aromatic rings. The van der Waals surface area contributed by atoms with Crippen LogP contribution in [-0.2, 0) is 21.4 Å². The van der Waals surface area contributed by atoms with Gasteiger partial charge in [0.05, 0.1) is 20.8 Å². The van der Waals surface area contributed by atoms with Crippen LogP contribution in [0.3, 0.4) is 0 Å².